The Morgan fingerprint density at radius 1 is 1.50 bits per heavy atom. The number of halogens is 1. The van der Waals surface area contributed by atoms with Crippen molar-refractivity contribution < 1.29 is 31.9 Å². The first kappa shape index (κ1) is 15.8. The maximum atomic E-state index is 2.12. The first-order valence-corrected chi connectivity index (χ1v) is 1.69. The van der Waals surface area contributed by atoms with Gasteiger partial charge in [-0.25, -0.2) is 0 Å². The maximum Gasteiger partial charge on any atom is 2.00 e. The van der Waals surface area contributed by atoms with E-state index in [0.717, 1.165) is 0 Å². The minimum absolute atomic E-state index is 0. The first-order chi connectivity index (χ1) is 1.91. The van der Waals surface area contributed by atoms with E-state index in [1.807, 2.05) is 0 Å². The molecule has 0 atom stereocenters. The van der Waals surface area contributed by atoms with Crippen LogP contribution in [0.15, 0.2) is 0 Å². The molecule has 0 aliphatic rings. The molecule has 0 heterocycles. The summed E-state index contributed by atoms with van der Waals surface area (Å²) in [5, 5.41) is 0. The van der Waals surface area contributed by atoms with Crippen molar-refractivity contribution in [3.8, 4) is 0 Å². The van der Waals surface area contributed by atoms with Crippen LogP contribution >= 0.6 is 0 Å². The van der Waals surface area contributed by atoms with Gasteiger partial charge in [-0.2, -0.15) is 13.3 Å². The molecule has 34 valence electrons. The average molecular weight is 158 g/mol. The molecular formula is C4H9ClZn. The molecule has 0 spiro atoms. The second kappa shape index (κ2) is 16.8. The molecule has 0 aromatic carbocycles. The van der Waals surface area contributed by atoms with E-state index in [0.29, 0.717) is 0 Å². The number of hydrogen-bond acceptors (Lipinski definition) is 0. The molecule has 0 saturated heterocycles. The van der Waals surface area contributed by atoms with E-state index in [2.05, 4.69) is 20.3 Å². The molecule has 0 fully saturated rings. The second-order valence-corrected chi connectivity index (χ2v) is 0.816. The summed E-state index contributed by atoms with van der Waals surface area (Å²) in [6, 6.07) is 0. The Kier molecular flexibility index (Phi) is 44.2. The van der Waals surface area contributed by atoms with Crippen molar-refractivity contribution in [2.75, 3.05) is 0 Å². The van der Waals surface area contributed by atoms with Crippen LogP contribution in [0.5, 0.6) is 0 Å². The molecule has 0 bridgehead atoms. The number of rotatable bonds is 1. The molecule has 2 heteroatoms. The fourth-order valence-electron chi connectivity index (χ4n) is 0. The van der Waals surface area contributed by atoms with Crippen molar-refractivity contribution in [2.45, 2.75) is 20.3 Å². The summed E-state index contributed by atoms with van der Waals surface area (Å²) >= 11 is 0. The predicted octanol–water partition coefficient (Wildman–Crippen LogP) is -1.38. The van der Waals surface area contributed by atoms with E-state index >= 15 is 0 Å². The van der Waals surface area contributed by atoms with Gasteiger partial charge in [-0.3, -0.25) is 0 Å². The van der Waals surface area contributed by atoms with Crippen LogP contribution in [0.3, 0.4) is 0 Å². The molecule has 0 nitrogen and oxygen atoms in total. The predicted molar refractivity (Wildman–Crippen MR) is 20.3 cm³/mol. The van der Waals surface area contributed by atoms with Crippen molar-refractivity contribution in [3.63, 3.8) is 0 Å². The second-order valence-electron chi connectivity index (χ2n) is 0.816. The standard InChI is InChI=1S/C4H9.ClH.Zn/c1-3-4-2;;/h3H,4H2,1-2H3;1H;/q-1;;+2/p-1. The quantitative estimate of drug-likeness (QED) is 0.326. The summed E-state index contributed by atoms with van der Waals surface area (Å²) in [5.74, 6) is 0. The third-order valence-electron chi connectivity index (χ3n) is 0.408. The molecule has 0 saturated carbocycles. The van der Waals surface area contributed by atoms with Crippen molar-refractivity contribution in [1.29, 1.82) is 0 Å². The summed E-state index contributed by atoms with van der Waals surface area (Å²) in [6.07, 6.45) is 3.32. The fraction of sp³-hybridized carbons (Fsp3) is 0.750. The van der Waals surface area contributed by atoms with E-state index in [-0.39, 0.29) is 31.9 Å². The summed E-state index contributed by atoms with van der Waals surface area (Å²) in [5.41, 5.74) is 0. The van der Waals surface area contributed by atoms with Crippen LogP contribution < -0.4 is 12.4 Å². The minimum Gasteiger partial charge on any atom is -1.00 e. The van der Waals surface area contributed by atoms with E-state index < -0.39 is 0 Å². The van der Waals surface area contributed by atoms with Gasteiger partial charge in [0.05, 0.1) is 0 Å². The Bertz CT molecular complexity index is 9.51. The van der Waals surface area contributed by atoms with Crippen LogP contribution in [0.1, 0.15) is 20.3 Å². The fourth-order valence-corrected chi connectivity index (χ4v) is 0. The van der Waals surface area contributed by atoms with Crippen molar-refractivity contribution in [3.05, 3.63) is 6.42 Å². The van der Waals surface area contributed by atoms with Crippen LogP contribution in [0, 0.1) is 6.42 Å². The normalized spacial score (nSPS) is 5.00. The van der Waals surface area contributed by atoms with Crippen LogP contribution in [0.25, 0.3) is 0 Å². The third-order valence-corrected chi connectivity index (χ3v) is 0.408. The Morgan fingerprint density at radius 3 is 1.67 bits per heavy atom. The van der Waals surface area contributed by atoms with E-state index in [4.69, 9.17) is 0 Å². The third kappa shape index (κ3) is 20.6. The smallest absolute Gasteiger partial charge is 1.00 e. The molecule has 6 heavy (non-hydrogen) atoms. The van der Waals surface area contributed by atoms with Gasteiger partial charge in [-0.15, -0.1) is 0 Å². The molecule has 0 aliphatic heterocycles. The zero-order chi connectivity index (χ0) is 3.41. The number of unbranched alkanes of at least 4 members (excludes halogenated alkanes) is 1. The van der Waals surface area contributed by atoms with Crippen molar-refractivity contribution in [2.24, 2.45) is 0 Å². The summed E-state index contributed by atoms with van der Waals surface area (Å²) in [6.45, 7) is 4.18. The van der Waals surface area contributed by atoms with E-state index in [1.165, 1.54) is 6.42 Å². The molecule has 0 rings (SSSR count). The first-order valence-electron chi connectivity index (χ1n) is 1.69. The van der Waals surface area contributed by atoms with Gasteiger partial charge in [0.1, 0.15) is 0 Å². The van der Waals surface area contributed by atoms with Crippen LogP contribution in [-0.4, -0.2) is 0 Å². The zero-order valence-electron chi connectivity index (χ0n) is 4.37. The van der Waals surface area contributed by atoms with E-state index in [9.17, 15) is 0 Å². The minimum atomic E-state index is 0. The van der Waals surface area contributed by atoms with Gasteiger partial charge in [0.15, 0.2) is 0 Å². The van der Waals surface area contributed by atoms with Gasteiger partial charge in [0, 0.05) is 0 Å². The van der Waals surface area contributed by atoms with E-state index in [1.54, 1.807) is 0 Å². The Hall–Kier alpha value is 0.913. The van der Waals surface area contributed by atoms with Gasteiger partial charge in [-0.1, -0.05) is 6.92 Å². The molecule has 0 aromatic rings. The molecule has 0 N–H and O–H groups in total. The van der Waals surface area contributed by atoms with Crippen molar-refractivity contribution >= 4 is 0 Å². The van der Waals surface area contributed by atoms with Crippen molar-refractivity contribution in [1.82, 2.24) is 0 Å². The van der Waals surface area contributed by atoms with Gasteiger partial charge in [-0.05, 0) is 0 Å². The Balaban J connectivity index is -0.0000000450. The maximum absolute atomic E-state index is 2.12. The molecule has 0 amide bonds. The van der Waals surface area contributed by atoms with Crippen LogP contribution in [-0.2, 0) is 19.5 Å². The van der Waals surface area contributed by atoms with Gasteiger partial charge in [0.25, 0.3) is 0 Å². The largest absolute Gasteiger partial charge is 2.00 e. The Morgan fingerprint density at radius 2 is 1.67 bits per heavy atom. The molecule has 0 aliphatic carbocycles. The molecule has 0 unspecified atom stereocenters. The average Bonchev–Trinajstić information content (AvgIpc) is 1.37. The SMILES string of the molecule is C[CH-]CC.[Cl-].[Zn+2]. The topological polar surface area (TPSA) is 0 Å². The monoisotopic (exact) mass is 156 g/mol. The van der Waals surface area contributed by atoms with Gasteiger partial charge in [0.2, 0.25) is 0 Å². The molecule has 0 radical (unpaired) electrons. The summed E-state index contributed by atoms with van der Waals surface area (Å²) < 4.78 is 0. The summed E-state index contributed by atoms with van der Waals surface area (Å²) in [4.78, 5) is 0. The Labute approximate surface area is 58.9 Å². The summed E-state index contributed by atoms with van der Waals surface area (Å²) in [7, 11) is 0. The zero-order valence-corrected chi connectivity index (χ0v) is 8.09. The molecule has 0 aromatic heterocycles. The number of hydrogen-bond donors (Lipinski definition) is 0. The molecular weight excluding hydrogens is 149 g/mol. The van der Waals surface area contributed by atoms with Gasteiger partial charge >= 0.3 is 19.5 Å². The van der Waals surface area contributed by atoms with Crippen LogP contribution in [0.2, 0.25) is 0 Å². The van der Waals surface area contributed by atoms with Gasteiger partial charge < -0.3 is 18.8 Å². The van der Waals surface area contributed by atoms with Crippen LogP contribution in [0.4, 0.5) is 0 Å².